The van der Waals surface area contributed by atoms with E-state index in [9.17, 15) is 13.5 Å². The Kier molecular flexibility index (Phi) is 4.92. The molecule has 2 rings (SSSR count). The Hall–Kier alpha value is -2.22. The number of ether oxygens (including phenoxy) is 1. The molecule has 0 radical (unpaired) electrons. The van der Waals surface area contributed by atoms with Crippen LogP contribution in [-0.2, 0) is 23.6 Å². The molecule has 1 heterocycles. The van der Waals surface area contributed by atoms with E-state index in [1.54, 1.807) is 6.07 Å². The first-order valence-electron chi connectivity index (χ1n) is 6.78. The van der Waals surface area contributed by atoms with Crippen molar-refractivity contribution in [2.75, 3.05) is 17.6 Å². The van der Waals surface area contributed by atoms with Crippen molar-refractivity contribution >= 4 is 15.7 Å². The van der Waals surface area contributed by atoms with Gasteiger partial charge in [0.2, 0.25) is 16.4 Å². The normalized spacial score (nSPS) is 11.4. The van der Waals surface area contributed by atoms with E-state index >= 15 is 0 Å². The highest BCUT2D eigenvalue weighted by molar-refractivity contribution is 7.92. The summed E-state index contributed by atoms with van der Waals surface area (Å²) in [5, 5.41) is 9.71. The smallest absolute Gasteiger partial charge is 0.243 e. The zero-order valence-electron chi connectivity index (χ0n) is 12.6. The van der Waals surface area contributed by atoms with Crippen molar-refractivity contribution in [2.45, 2.75) is 13.0 Å². The summed E-state index contributed by atoms with van der Waals surface area (Å²) in [7, 11) is -0.154. The van der Waals surface area contributed by atoms with Gasteiger partial charge in [0, 0.05) is 12.5 Å². The first-order valence-corrected chi connectivity index (χ1v) is 8.43. The van der Waals surface area contributed by atoms with Gasteiger partial charge in [0.15, 0.2) is 0 Å². The van der Waals surface area contributed by atoms with E-state index in [0.29, 0.717) is 18.7 Å². The van der Waals surface area contributed by atoms with Crippen molar-refractivity contribution in [1.29, 1.82) is 0 Å². The van der Waals surface area contributed by atoms with Gasteiger partial charge < -0.3 is 9.84 Å². The number of benzene rings is 1. The minimum atomic E-state index is -3.53. The lowest BCUT2D eigenvalue weighted by molar-refractivity contribution is -0.671. The van der Waals surface area contributed by atoms with Crippen molar-refractivity contribution in [2.24, 2.45) is 7.05 Å². The molecule has 0 fully saturated rings. The Morgan fingerprint density at radius 3 is 2.82 bits per heavy atom. The van der Waals surface area contributed by atoms with Gasteiger partial charge in [-0.2, -0.15) is 0 Å². The number of hydrogen-bond donors (Lipinski definition) is 2. The fourth-order valence-electron chi connectivity index (χ4n) is 2.01. The van der Waals surface area contributed by atoms with Gasteiger partial charge in [-0.25, -0.2) is 17.6 Å². The number of imidazole rings is 1. The number of phenolic OH excluding ortho intramolecular Hbond substituents is 1. The zero-order valence-corrected chi connectivity index (χ0v) is 13.4. The van der Waals surface area contributed by atoms with Gasteiger partial charge in [-0.05, 0) is 12.1 Å². The summed E-state index contributed by atoms with van der Waals surface area (Å²) in [5.41, 5.74) is 0.117. The first-order chi connectivity index (χ1) is 10.4. The van der Waals surface area contributed by atoms with Crippen molar-refractivity contribution in [1.82, 2.24) is 4.57 Å². The Morgan fingerprint density at radius 1 is 1.41 bits per heavy atom. The number of nitrogens with one attached hydrogen (secondary N) is 1. The number of aromatic nitrogens is 2. The summed E-state index contributed by atoms with van der Waals surface area (Å²) in [5.74, 6) is 0.295. The van der Waals surface area contributed by atoms with Crippen LogP contribution < -0.4 is 14.0 Å². The van der Waals surface area contributed by atoms with Crippen LogP contribution in [0.4, 0.5) is 5.69 Å². The average molecular weight is 326 g/mol. The van der Waals surface area contributed by atoms with E-state index in [0.717, 1.165) is 0 Å². The number of aryl methyl sites for hydroxylation is 2. The van der Waals surface area contributed by atoms with Crippen LogP contribution in [0, 0.1) is 0 Å². The van der Waals surface area contributed by atoms with Crippen LogP contribution in [0.2, 0.25) is 0 Å². The molecule has 0 aliphatic carbocycles. The van der Waals surface area contributed by atoms with Crippen LogP contribution in [0.3, 0.4) is 0 Å². The number of hydrogen-bond acceptors (Lipinski definition) is 4. The molecule has 0 saturated heterocycles. The third kappa shape index (κ3) is 4.39. The van der Waals surface area contributed by atoms with Gasteiger partial charge in [-0.15, -0.1) is 0 Å². The van der Waals surface area contributed by atoms with Crippen LogP contribution >= 0.6 is 0 Å². The topological polar surface area (TPSA) is 84.4 Å². The number of aromatic hydroxyl groups is 1. The molecular weight excluding hydrogens is 306 g/mol. The third-order valence-electron chi connectivity index (χ3n) is 3.12. The number of sulfonamides is 1. The number of anilines is 1. The summed E-state index contributed by atoms with van der Waals surface area (Å²) < 4.78 is 35.3. The molecule has 0 saturated carbocycles. The van der Waals surface area contributed by atoms with Crippen molar-refractivity contribution in [3.63, 3.8) is 0 Å². The van der Waals surface area contributed by atoms with Gasteiger partial charge in [0.25, 0.3) is 0 Å². The monoisotopic (exact) mass is 326 g/mol. The van der Waals surface area contributed by atoms with Crippen molar-refractivity contribution in [3.8, 4) is 11.5 Å². The summed E-state index contributed by atoms with van der Waals surface area (Å²) in [4.78, 5) is 0. The molecule has 22 heavy (non-hydrogen) atoms. The molecule has 0 atom stereocenters. The van der Waals surface area contributed by atoms with E-state index in [-0.39, 0.29) is 17.2 Å². The van der Waals surface area contributed by atoms with E-state index in [2.05, 4.69) is 4.72 Å². The maximum atomic E-state index is 12.1. The molecular formula is C14H20N3O4S+. The molecule has 2 N–H and O–H groups in total. The van der Waals surface area contributed by atoms with Crippen molar-refractivity contribution in [3.05, 3.63) is 36.9 Å². The van der Waals surface area contributed by atoms with Crippen LogP contribution in [0.1, 0.15) is 6.42 Å². The zero-order chi connectivity index (χ0) is 16.2. The average Bonchev–Trinajstić information content (AvgIpc) is 2.86. The summed E-state index contributed by atoms with van der Waals surface area (Å²) in [6, 6.07) is 4.38. The molecule has 1 aromatic heterocycles. The van der Waals surface area contributed by atoms with Gasteiger partial charge in [-0.1, -0.05) is 0 Å². The Balaban J connectivity index is 1.96. The summed E-state index contributed by atoms with van der Waals surface area (Å²) >= 11 is 0. The van der Waals surface area contributed by atoms with Crippen LogP contribution in [0.25, 0.3) is 0 Å². The summed E-state index contributed by atoms with van der Waals surface area (Å²) in [6.07, 6.45) is 6.12. The minimum absolute atomic E-state index is 0.0362. The van der Waals surface area contributed by atoms with E-state index in [4.69, 9.17) is 4.74 Å². The van der Waals surface area contributed by atoms with Gasteiger partial charge in [0.1, 0.15) is 23.9 Å². The molecule has 8 heteroatoms. The number of phenols is 1. The van der Waals surface area contributed by atoms with E-state index in [1.807, 2.05) is 34.9 Å². The fourth-order valence-corrected chi connectivity index (χ4v) is 3.12. The number of methoxy groups -OCH3 is 1. The van der Waals surface area contributed by atoms with Crippen LogP contribution in [0.5, 0.6) is 11.5 Å². The Morgan fingerprint density at radius 2 is 2.18 bits per heavy atom. The SMILES string of the molecule is COc1ccc(O)c(NS(=O)(=O)CCCn2cc[n+](C)c2)c1. The second-order valence-corrected chi connectivity index (χ2v) is 6.82. The number of nitrogens with zero attached hydrogens (tertiary/aromatic N) is 2. The van der Waals surface area contributed by atoms with Crippen LogP contribution in [-0.4, -0.2) is 31.0 Å². The molecule has 0 bridgehead atoms. The van der Waals surface area contributed by atoms with E-state index < -0.39 is 10.0 Å². The highest BCUT2D eigenvalue weighted by Crippen LogP contribution is 2.28. The maximum Gasteiger partial charge on any atom is 0.243 e. The van der Waals surface area contributed by atoms with E-state index in [1.165, 1.54) is 19.2 Å². The first kappa shape index (κ1) is 16.2. The lowest BCUT2D eigenvalue weighted by atomic mass is 10.3. The molecule has 0 amide bonds. The third-order valence-corrected chi connectivity index (χ3v) is 4.48. The Bertz CT molecular complexity index is 740. The largest absolute Gasteiger partial charge is 0.506 e. The molecule has 0 unspecified atom stereocenters. The lowest BCUT2D eigenvalue weighted by Crippen LogP contribution is -2.24. The quantitative estimate of drug-likeness (QED) is 0.584. The van der Waals surface area contributed by atoms with Gasteiger partial charge in [-0.3, -0.25) is 4.72 Å². The molecule has 0 aliphatic rings. The highest BCUT2D eigenvalue weighted by Gasteiger charge is 2.14. The lowest BCUT2D eigenvalue weighted by Gasteiger charge is -2.10. The maximum absolute atomic E-state index is 12.1. The van der Waals surface area contributed by atoms with Crippen LogP contribution in [0.15, 0.2) is 36.9 Å². The molecule has 0 aliphatic heterocycles. The predicted octanol–water partition coefficient (Wildman–Crippen LogP) is 0.859. The van der Waals surface area contributed by atoms with Gasteiger partial charge >= 0.3 is 0 Å². The highest BCUT2D eigenvalue weighted by atomic mass is 32.2. The minimum Gasteiger partial charge on any atom is -0.506 e. The predicted molar refractivity (Wildman–Crippen MR) is 82.3 cm³/mol. The number of rotatable bonds is 7. The summed E-state index contributed by atoms with van der Waals surface area (Å²) in [6.45, 7) is 0.603. The molecule has 1 aromatic carbocycles. The second kappa shape index (κ2) is 6.69. The van der Waals surface area contributed by atoms with Gasteiger partial charge in [0.05, 0.1) is 32.1 Å². The molecule has 0 spiro atoms. The molecule has 2 aromatic rings. The fraction of sp³-hybridized carbons (Fsp3) is 0.357. The molecule has 7 nitrogen and oxygen atoms in total. The second-order valence-electron chi connectivity index (χ2n) is 4.97. The van der Waals surface area contributed by atoms with Crippen molar-refractivity contribution < 1.29 is 22.8 Å². The standard InChI is InChI=1S/C14H19N3O4S/c1-16-7-8-17(11-16)6-3-9-22(19,20)15-13-10-12(21-2)4-5-14(13)18/h4-5,7-8,10-11,15H,3,6,9H2,1-2H3/p+1. The molecule has 120 valence electrons. The Labute approximate surface area is 129 Å².